The number of halogens is 1. The van der Waals surface area contributed by atoms with Crippen molar-refractivity contribution in [3.8, 4) is 0 Å². The highest BCUT2D eigenvalue weighted by Crippen LogP contribution is 2.48. The number of fused-ring (bicyclic) bond motifs is 1. The molecule has 1 aliphatic carbocycles. The Morgan fingerprint density at radius 2 is 2.05 bits per heavy atom. The Morgan fingerprint density at radius 1 is 1.32 bits per heavy atom. The quantitative estimate of drug-likeness (QED) is 0.869. The zero-order valence-corrected chi connectivity index (χ0v) is 12.3. The van der Waals surface area contributed by atoms with Gasteiger partial charge in [0.15, 0.2) is 0 Å². The van der Waals surface area contributed by atoms with Crippen LogP contribution in [-0.2, 0) is 4.79 Å². The fourth-order valence-corrected chi connectivity index (χ4v) is 4.22. The summed E-state index contributed by atoms with van der Waals surface area (Å²) in [5.74, 6) is -0.287. The van der Waals surface area contributed by atoms with Crippen molar-refractivity contribution in [1.82, 2.24) is 0 Å². The van der Waals surface area contributed by atoms with Crippen LogP contribution in [-0.4, -0.2) is 17.6 Å². The Morgan fingerprint density at radius 3 is 2.74 bits per heavy atom. The van der Waals surface area contributed by atoms with Crippen LogP contribution in [0.1, 0.15) is 37.2 Å². The molecule has 0 aromatic heterocycles. The van der Waals surface area contributed by atoms with E-state index < -0.39 is 5.97 Å². The zero-order chi connectivity index (χ0) is 13.4. The molecule has 1 saturated carbocycles. The smallest absolute Gasteiger partial charge is 0.308 e. The fourth-order valence-electron chi connectivity index (χ4n) is 3.70. The maximum atomic E-state index is 11.6. The topological polar surface area (TPSA) is 49.3 Å². The average molecular weight is 324 g/mol. The van der Waals surface area contributed by atoms with Crippen LogP contribution in [0.25, 0.3) is 0 Å². The second-order valence-corrected chi connectivity index (χ2v) is 6.45. The molecule has 0 saturated heterocycles. The van der Waals surface area contributed by atoms with E-state index in [4.69, 9.17) is 0 Å². The molecular weight excluding hydrogens is 306 g/mol. The third kappa shape index (κ3) is 2.27. The number of benzene rings is 1. The second kappa shape index (κ2) is 5.16. The summed E-state index contributed by atoms with van der Waals surface area (Å²) in [6.07, 6.45) is 4.81. The van der Waals surface area contributed by atoms with Gasteiger partial charge in [-0.1, -0.05) is 25.0 Å². The third-order valence-electron chi connectivity index (χ3n) is 4.56. The van der Waals surface area contributed by atoms with Gasteiger partial charge in [-0.3, -0.25) is 4.79 Å². The lowest BCUT2D eigenvalue weighted by Crippen LogP contribution is -2.36. The van der Waals surface area contributed by atoms with Crippen molar-refractivity contribution in [2.24, 2.45) is 11.8 Å². The summed E-state index contributed by atoms with van der Waals surface area (Å²) in [5, 5.41) is 12.8. The van der Waals surface area contributed by atoms with E-state index in [9.17, 15) is 9.90 Å². The number of hydrogen-bond donors (Lipinski definition) is 2. The predicted octanol–water partition coefficient (Wildman–Crippen LogP) is 3.85. The predicted molar refractivity (Wildman–Crippen MR) is 78.5 cm³/mol. The summed E-state index contributed by atoms with van der Waals surface area (Å²) < 4.78 is 1.04. The number of carboxylic acid groups (broad SMARTS) is 1. The molecule has 102 valence electrons. The van der Waals surface area contributed by atoms with E-state index in [1.54, 1.807) is 0 Å². The lowest BCUT2D eigenvalue weighted by Gasteiger charge is -2.36. The van der Waals surface area contributed by atoms with Gasteiger partial charge in [0.25, 0.3) is 0 Å². The van der Waals surface area contributed by atoms with Gasteiger partial charge in [-0.05, 0) is 46.3 Å². The normalized spacial score (nSPS) is 26.8. The van der Waals surface area contributed by atoms with Crippen molar-refractivity contribution >= 4 is 27.6 Å². The van der Waals surface area contributed by atoms with Crippen LogP contribution in [0.4, 0.5) is 5.69 Å². The average Bonchev–Trinajstić information content (AvgIpc) is 2.91. The summed E-state index contributed by atoms with van der Waals surface area (Å²) >= 11 is 3.57. The standard InChI is InChI=1S/C15H18BrNO2/c16-12-7-3-6-10-13(9-4-1-2-5-9)11(15(18)19)8-17-14(10)12/h3,6-7,9,11,13,17H,1-2,4-5,8H2,(H,18,19). The van der Waals surface area contributed by atoms with E-state index in [1.165, 1.54) is 31.2 Å². The monoisotopic (exact) mass is 323 g/mol. The maximum Gasteiger partial charge on any atom is 0.308 e. The van der Waals surface area contributed by atoms with Gasteiger partial charge in [0.05, 0.1) is 11.6 Å². The van der Waals surface area contributed by atoms with Gasteiger partial charge in [0.1, 0.15) is 0 Å². The van der Waals surface area contributed by atoms with Gasteiger partial charge >= 0.3 is 5.97 Å². The van der Waals surface area contributed by atoms with Crippen LogP contribution in [0.5, 0.6) is 0 Å². The molecule has 4 heteroatoms. The van der Waals surface area contributed by atoms with Gasteiger partial charge in [0.2, 0.25) is 0 Å². The van der Waals surface area contributed by atoms with Gasteiger partial charge < -0.3 is 10.4 Å². The zero-order valence-electron chi connectivity index (χ0n) is 10.7. The molecule has 0 bridgehead atoms. The summed E-state index contributed by atoms with van der Waals surface area (Å²) in [6.45, 7) is 0.534. The molecule has 3 rings (SSSR count). The summed E-state index contributed by atoms with van der Waals surface area (Å²) in [5.41, 5.74) is 2.27. The lowest BCUT2D eigenvalue weighted by molar-refractivity contribution is -0.142. The van der Waals surface area contributed by atoms with Crippen molar-refractivity contribution in [2.45, 2.75) is 31.6 Å². The first-order valence-corrected chi connectivity index (χ1v) is 7.73. The number of nitrogens with one attached hydrogen (secondary N) is 1. The summed E-state index contributed by atoms with van der Waals surface area (Å²) in [7, 11) is 0. The maximum absolute atomic E-state index is 11.6. The molecule has 19 heavy (non-hydrogen) atoms. The second-order valence-electron chi connectivity index (χ2n) is 5.60. The van der Waals surface area contributed by atoms with E-state index in [2.05, 4.69) is 27.3 Å². The van der Waals surface area contributed by atoms with Crippen molar-refractivity contribution < 1.29 is 9.90 Å². The van der Waals surface area contributed by atoms with Crippen molar-refractivity contribution in [2.75, 3.05) is 11.9 Å². The Hall–Kier alpha value is -1.03. The number of aliphatic carboxylic acids is 1. The first-order chi connectivity index (χ1) is 9.18. The molecule has 2 aliphatic rings. The van der Waals surface area contributed by atoms with E-state index in [-0.39, 0.29) is 11.8 Å². The minimum absolute atomic E-state index is 0.161. The van der Waals surface area contributed by atoms with Crippen molar-refractivity contribution in [3.63, 3.8) is 0 Å². The summed E-state index contributed by atoms with van der Waals surface area (Å²) in [4.78, 5) is 11.6. The first kappa shape index (κ1) is 13.0. The van der Waals surface area contributed by atoms with Gasteiger partial charge in [-0.2, -0.15) is 0 Å². The molecule has 1 aliphatic heterocycles. The highest BCUT2D eigenvalue weighted by Gasteiger charge is 2.40. The van der Waals surface area contributed by atoms with Crippen molar-refractivity contribution in [1.29, 1.82) is 0 Å². The molecule has 0 radical (unpaired) electrons. The molecule has 1 aromatic carbocycles. The van der Waals surface area contributed by atoms with Gasteiger partial charge in [-0.25, -0.2) is 0 Å². The van der Waals surface area contributed by atoms with Crippen LogP contribution >= 0.6 is 15.9 Å². The molecule has 1 aromatic rings. The highest BCUT2D eigenvalue weighted by atomic mass is 79.9. The van der Waals surface area contributed by atoms with E-state index in [0.717, 1.165) is 10.2 Å². The van der Waals surface area contributed by atoms with Crippen molar-refractivity contribution in [3.05, 3.63) is 28.2 Å². The van der Waals surface area contributed by atoms with Crippen LogP contribution in [0.3, 0.4) is 0 Å². The number of rotatable bonds is 2. The minimum Gasteiger partial charge on any atom is -0.481 e. The lowest BCUT2D eigenvalue weighted by atomic mass is 9.73. The van der Waals surface area contributed by atoms with Gasteiger partial charge in [0, 0.05) is 16.9 Å². The van der Waals surface area contributed by atoms with E-state index in [0.29, 0.717) is 12.5 Å². The molecule has 1 heterocycles. The Balaban J connectivity index is 2.04. The number of anilines is 1. The molecule has 0 amide bonds. The highest BCUT2D eigenvalue weighted by molar-refractivity contribution is 9.10. The molecule has 0 spiro atoms. The fraction of sp³-hybridized carbons (Fsp3) is 0.533. The minimum atomic E-state index is -0.671. The van der Waals surface area contributed by atoms with Gasteiger partial charge in [-0.15, -0.1) is 0 Å². The number of carboxylic acids is 1. The largest absolute Gasteiger partial charge is 0.481 e. The molecule has 2 N–H and O–H groups in total. The summed E-state index contributed by atoms with van der Waals surface area (Å²) in [6, 6.07) is 6.11. The Bertz CT molecular complexity index is 497. The van der Waals surface area contributed by atoms with E-state index >= 15 is 0 Å². The van der Waals surface area contributed by atoms with Crippen LogP contribution < -0.4 is 5.32 Å². The van der Waals surface area contributed by atoms with Crippen LogP contribution in [0.2, 0.25) is 0 Å². The number of carbonyl (C=O) groups is 1. The third-order valence-corrected chi connectivity index (χ3v) is 5.22. The Kier molecular flexibility index (Phi) is 3.52. The molecule has 2 unspecified atom stereocenters. The van der Waals surface area contributed by atoms with Crippen LogP contribution in [0, 0.1) is 11.8 Å². The van der Waals surface area contributed by atoms with E-state index in [1.807, 2.05) is 12.1 Å². The Labute approximate surface area is 121 Å². The van der Waals surface area contributed by atoms with Crippen LogP contribution in [0.15, 0.2) is 22.7 Å². The molecule has 3 nitrogen and oxygen atoms in total. The molecule has 2 atom stereocenters. The SMILES string of the molecule is O=C(O)C1CNc2c(Br)cccc2C1C1CCCC1. The first-order valence-electron chi connectivity index (χ1n) is 6.93. The molecular formula is C15H18BrNO2. The molecule has 1 fully saturated rings. The number of para-hydroxylation sites is 1. The number of hydrogen-bond acceptors (Lipinski definition) is 2.